The zero-order valence-corrected chi connectivity index (χ0v) is 11.5. The highest BCUT2D eigenvalue weighted by Gasteiger charge is 2.28. The van der Waals surface area contributed by atoms with Crippen molar-refractivity contribution >= 4 is 11.8 Å². The minimum atomic E-state index is 0.459. The summed E-state index contributed by atoms with van der Waals surface area (Å²) in [5.74, 6) is 2.94. The summed E-state index contributed by atoms with van der Waals surface area (Å²) in [6.45, 7) is 8.51. The zero-order valence-electron chi connectivity index (χ0n) is 10.7. The molecule has 0 bridgehead atoms. The van der Waals surface area contributed by atoms with E-state index < -0.39 is 0 Å². The van der Waals surface area contributed by atoms with Crippen LogP contribution in [-0.4, -0.2) is 41.6 Å². The van der Waals surface area contributed by atoms with Crippen molar-refractivity contribution in [1.29, 1.82) is 0 Å². The van der Waals surface area contributed by atoms with Gasteiger partial charge in [0.2, 0.25) is 0 Å². The monoisotopic (exact) mass is 242 g/mol. The lowest BCUT2D eigenvalue weighted by atomic mass is 9.79. The molecule has 1 saturated heterocycles. The highest BCUT2D eigenvalue weighted by atomic mass is 32.2. The molecule has 0 spiro atoms. The summed E-state index contributed by atoms with van der Waals surface area (Å²) in [6.07, 6.45) is 3.92. The molecule has 0 radical (unpaired) electrons. The van der Waals surface area contributed by atoms with Crippen molar-refractivity contribution in [3.05, 3.63) is 0 Å². The molecule has 1 aliphatic heterocycles. The van der Waals surface area contributed by atoms with Crippen LogP contribution >= 0.6 is 11.8 Å². The van der Waals surface area contributed by atoms with E-state index in [9.17, 15) is 0 Å². The van der Waals surface area contributed by atoms with Gasteiger partial charge in [0.05, 0.1) is 0 Å². The van der Waals surface area contributed by atoms with Crippen LogP contribution in [0.25, 0.3) is 0 Å². The van der Waals surface area contributed by atoms with Gasteiger partial charge in [0.25, 0.3) is 0 Å². The second-order valence-corrected chi connectivity index (χ2v) is 7.33. The number of nitrogens with two attached hydrogens (primary N) is 1. The predicted molar refractivity (Wildman–Crippen MR) is 72.8 cm³/mol. The largest absolute Gasteiger partial charge is 0.327 e. The Labute approximate surface area is 104 Å². The molecule has 0 aromatic carbocycles. The number of rotatable bonds is 2. The summed E-state index contributed by atoms with van der Waals surface area (Å²) >= 11 is 2.11. The van der Waals surface area contributed by atoms with Gasteiger partial charge < -0.3 is 10.6 Å². The topological polar surface area (TPSA) is 29.3 Å². The SMILES string of the molecule is CC1CCC(N)C(CN2CCSC(C)C2)C1. The lowest BCUT2D eigenvalue weighted by Gasteiger charge is -2.38. The van der Waals surface area contributed by atoms with Gasteiger partial charge in [-0.2, -0.15) is 11.8 Å². The van der Waals surface area contributed by atoms with Gasteiger partial charge in [0.1, 0.15) is 0 Å². The van der Waals surface area contributed by atoms with Crippen LogP contribution in [0.5, 0.6) is 0 Å². The molecule has 94 valence electrons. The van der Waals surface area contributed by atoms with Gasteiger partial charge in [-0.3, -0.25) is 0 Å². The molecule has 2 nitrogen and oxygen atoms in total. The Hall–Kier alpha value is 0.270. The van der Waals surface area contributed by atoms with E-state index in [1.807, 2.05) is 0 Å². The van der Waals surface area contributed by atoms with Crippen molar-refractivity contribution in [3.63, 3.8) is 0 Å². The molecule has 2 fully saturated rings. The van der Waals surface area contributed by atoms with E-state index in [-0.39, 0.29) is 0 Å². The molecular weight excluding hydrogens is 216 g/mol. The van der Waals surface area contributed by atoms with Crippen molar-refractivity contribution < 1.29 is 0 Å². The summed E-state index contributed by atoms with van der Waals surface area (Å²) < 4.78 is 0. The minimum Gasteiger partial charge on any atom is -0.327 e. The maximum Gasteiger partial charge on any atom is 0.0147 e. The van der Waals surface area contributed by atoms with Gasteiger partial charge in [0, 0.05) is 36.7 Å². The standard InChI is InChI=1S/C13H26N2S/c1-10-3-4-13(14)12(7-10)9-15-5-6-16-11(2)8-15/h10-13H,3-9,14H2,1-2H3. The molecular formula is C13H26N2S. The summed E-state index contributed by atoms with van der Waals surface area (Å²) in [5, 5.41) is 0.811. The molecule has 0 aromatic rings. The van der Waals surface area contributed by atoms with Gasteiger partial charge in [0.15, 0.2) is 0 Å². The molecule has 1 aliphatic carbocycles. The van der Waals surface area contributed by atoms with Gasteiger partial charge in [-0.25, -0.2) is 0 Å². The lowest BCUT2D eigenvalue weighted by Crippen LogP contribution is -2.46. The van der Waals surface area contributed by atoms with Crippen molar-refractivity contribution in [2.24, 2.45) is 17.6 Å². The van der Waals surface area contributed by atoms with Crippen molar-refractivity contribution in [1.82, 2.24) is 4.90 Å². The van der Waals surface area contributed by atoms with Gasteiger partial charge in [-0.05, 0) is 31.1 Å². The Bertz CT molecular complexity index is 222. The first-order chi connectivity index (χ1) is 7.65. The maximum absolute atomic E-state index is 6.26. The number of thioether (sulfide) groups is 1. The molecule has 1 heterocycles. The van der Waals surface area contributed by atoms with Crippen LogP contribution in [-0.2, 0) is 0 Å². The summed E-state index contributed by atoms with van der Waals surface area (Å²) in [7, 11) is 0. The first-order valence-corrected chi connectivity index (χ1v) is 7.79. The average Bonchev–Trinajstić information content (AvgIpc) is 2.24. The van der Waals surface area contributed by atoms with E-state index in [0.717, 1.165) is 17.1 Å². The van der Waals surface area contributed by atoms with E-state index >= 15 is 0 Å². The second-order valence-electron chi connectivity index (χ2n) is 5.78. The van der Waals surface area contributed by atoms with Gasteiger partial charge >= 0.3 is 0 Å². The second kappa shape index (κ2) is 5.74. The third kappa shape index (κ3) is 3.38. The maximum atomic E-state index is 6.26. The van der Waals surface area contributed by atoms with E-state index in [1.165, 1.54) is 44.6 Å². The number of hydrogen-bond acceptors (Lipinski definition) is 3. The normalized spacial score (nSPS) is 42.2. The Morgan fingerprint density at radius 3 is 2.88 bits per heavy atom. The van der Waals surface area contributed by atoms with Crippen molar-refractivity contribution in [2.75, 3.05) is 25.4 Å². The van der Waals surface area contributed by atoms with E-state index in [1.54, 1.807) is 0 Å². The number of nitrogens with zero attached hydrogens (tertiary/aromatic N) is 1. The van der Waals surface area contributed by atoms with Crippen LogP contribution in [0.3, 0.4) is 0 Å². The third-order valence-corrected chi connectivity index (χ3v) is 5.26. The smallest absolute Gasteiger partial charge is 0.0147 e. The summed E-state index contributed by atoms with van der Waals surface area (Å²) in [6, 6.07) is 0.459. The predicted octanol–water partition coefficient (Wildman–Crippen LogP) is 2.19. The fraction of sp³-hybridized carbons (Fsp3) is 1.00. The van der Waals surface area contributed by atoms with Crippen LogP contribution in [0.4, 0.5) is 0 Å². The molecule has 16 heavy (non-hydrogen) atoms. The Morgan fingerprint density at radius 2 is 2.12 bits per heavy atom. The highest BCUT2D eigenvalue weighted by Crippen LogP contribution is 2.29. The Kier molecular flexibility index (Phi) is 4.57. The van der Waals surface area contributed by atoms with E-state index in [0.29, 0.717) is 6.04 Å². The molecule has 4 unspecified atom stereocenters. The Balaban J connectivity index is 1.82. The van der Waals surface area contributed by atoms with Crippen LogP contribution in [0.2, 0.25) is 0 Å². The lowest BCUT2D eigenvalue weighted by molar-refractivity contribution is 0.165. The average molecular weight is 242 g/mol. The molecule has 0 aromatic heterocycles. The van der Waals surface area contributed by atoms with Crippen LogP contribution in [0, 0.1) is 11.8 Å². The molecule has 0 amide bonds. The zero-order chi connectivity index (χ0) is 11.5. The molecule has 2 rings (SSSR count). The van der Waals surface area contributed by atoms with E-state index in [2.05, 4.69) is 30.5 Å². The first kappa shape index (κ1) is 12.7. The molecule has 3 heteroatoms. The summed E-state index contributed by atoms with van der Waals surface area (Å²) in [4.78, 5) is 2.64. The molecule has 4 atom stereocenters. The molecule has 1 saturated carbocycles. The third-order valence-electron chi connectivity index (χ3n) is 4.12. The molecule has 2 aliphatic rings. The minimum absolute atomic E-state index is 0.459. The Morgan fingerprint density at radius 1 is 1.31 bits per heavy atom. The summed E-state index contributed by atoms with van der Waals surface area (Å²) in [5.41, 5.74) is 6.26. The van der Waals surface area contributed by atoms with Gasteiger partial charge in [-0.15, -0.1) is 0 Å². The quantitative estimate of drug-likeness (QED) is 0.805. The van der Waals surface area contributed by atoms with Crippen molar-refractivity contribution in [3.8, 4) is 0 Å². The van der Waals surface area contributed by atoms with Gasteiger partial charge in [-0.1, -0.05) is 13.8 Å². The van der Waals surface area contributed by atoms with Crippen LogP contribution < -0.4 is 5.73 Å². The van der Waals surface area contributed by atoms with E-state index in [4.69, 9.17) is 5.73 Å². The van der Waals surface area contributed by atoms with Crippen LogP contribution in [0.15, 0.2) is 0 Å². The fourth-order valence-corrected chi connectivity index (χ4v) is 4.20. The first-order valence-electron chi connectivity index (χ1n) is 6.74. The number of hydrogen-bond donors (Lipinski definition) is 1. The fourth-order valence-electron chi connectivity index (χ4n) is 3.12. The highest BCUT2D eigenvalue weighted by molar-refractivity contribution is 7.99. The van der Waals surface area contributed by atoms with Crippen LogP contribution in [0.1, 0.15) is 33.1 Å². The molecule has 2 N–H and O–H groups in total. The van der Waals surface area contributed by atoms with Crippen molar-refractivity contribution in [2.45, 2.75) is 44.4 Å².